The molecule has 1 aromatic carbocycles. The first-order valence-electron chi connectivity index (χ1n) is 12.9. The van der Waals surface area contributed by atoms with Crippen molar-refractivity contribution in [3.8, 4) is 0 Å². The van der Waals surface area contributed by atoms with Crippen LogP contribution in [0.25, 0.3) is 0 Å². The first kappa shape index (κ1) is 25.7. The zero-order valence-electron chi connectivity index (χ0n) is 21.7. The number of carbonyl (C=O) groups excluding carboxylic acids is 3. The predicted molar refractivity (Wildman–Crippen MR) is 135 cm³/mol. The molecule has 0 N–H and O–H groups in total. The lowest BCUT2D eigenvalue weighted by atomic mass is 9.75. The number of imidazole rings is 1. The standard InChI is InChI=1S/C27H36N4O5/c1-5-21-22(6-2)30(14-10-11-15-36-19(4)32)24(28-21)16-31-23-13-9-8-12-20(23)27(25(31)33)17-29(18-27)26(34)35-7-3/h8-9,12-13H,5-7,10-11,14-18H2,1-4H3. The molecule has 1 aromatic heterocycles. The van der Waals surface area contributed by atoms with Crippen LogP contribution in [0.5, 0.6) is 0 Å². The second-order valence-corrected chi connectivity index (χ2v) is 9.37. The lowest BCUT2D eigenvalue weighted by Crippen LogP contribution is -2.65. The molecule has 0 radical (unpaired) electrons. The van der Waals surface area contributed by atoms with Crippen LogP contribution in [0.1, 0.15) is 63.3 Å². The van der Waals surface area contributed by atoms with Gasteiger partial charge in [-0.1, -0.05) is 32.0 Å². The monoisotopic (exact) mass is 496 g/mol. The van der Waals surface area contributed by atoms with E-state index in [1.54, 1.807) is 11.8 Å². The number of para-hydroxylation sites is 1. The van der Waals surface area contributed by atoms with Crippen molar-refractivity contribution in [2.24, 2.45) is 0 Å². The van der Waals surface area contributed by atoms with Crippen molar-refractivity contribution in [1.29, 1.82) is 0 Å². The summed E-state index contributed by atoms with van der Waals surface area (Å²) in [5.41, 5.74) is 3.35. The molecule has 1 saturated heterocycles. The number of nitrogens with zero attached hydrogens (tertiary/aromatic N) is 4. The quantitative estimate of drug-likeness (QED) is 0.369. The summed E-state index contributed by atoms with van der Waals surface area (Å²) in [7, 11) is 0. The van der Waals surface area contributed by atoms with Crippen LogP contribution in [-0.4, -0.2) is 58.7 Å². The number of ether oxygens (including phenoxy) is 2. The molecule has 0 bridgehead atoms. The fourth-order valence-corrected chi connectivity index (χ4v) is 5.39. The summed E-state index contributed by atoms with van der Waals surface area (Å²) in [4.78, 5) is 45.5. The Morgan fingerprint density at radius 2 is 1.81 bits per heavy atom. The number of carbonyl (C=O) groups is 3. The first-order chi connectivity index (χ1) is 17.4. The Kier molecular flexibility index (Phi) is 7.66. The highest BCUT2D eigenvalue weighted by molar-refractivity contribution is 6.09. The number of aromatic nitrogens is 2. The van der Waals surface area contributed by atoms with Crippen molar-refractivity contribution in [2.75, 3.05) is 31.2 Å². The van der Waals surface area contributed by atoms with Crippen LogP contribution in [0.4, 0.5) is 10.5 Å². The average molecular weight is 497 g/mol. The summed E-state index contributed by atoms with van der Waals surface area (Å²) < 4.78 is 12.5. The Hall–Kier alpha value is -3.36. The Morgan fingerprint density at radius 1 is 1.06 bits per heavy atom. The number of hydrogen-bond donors (Lipinski definition) is 0. The molecular weight excluding hydrogens is 460 g/mol. The number of esters is 1. The number of likely N-dealkylation sites (tertiary alicyclic amines) is 1. The number of hydrogen-bond acceptors (Lipinski definition) is 6. The van der Waals surface area contributed by atoms with Crippen LogP contribution in [0.2, 0.25) is 0 Å². The fourth-order valence-electron chi connectivity index (χ4n) is 5.39. The fraction of sp³-hybridized carbons (Fsp3) is 0.556. The van der Waals surface area contributed by atoms with Crippen LogP contribution in [-0.2, 0) is 50.4 Å². The molecule has 194 valence electrons. The van der Waals surface area contributed by atoms with Crippen LogP contribution in [0, 0.1) is 0 Å². The maximum absolute atomic E-state index is 13.9. The van der Waals surface area contributed by atoms with Crippen LogP contribution in [0.3, 0.4) is 0 Å². The van der Waals surface area contributed by atoms with E-state index < -0.39 is 5.41 Å². The van der Waals surface area contributed by atoms with Crippen molar-refractivity contribution >= 4 is 23.7 Å². The average Bonchev–Trinajstić information content (AvgIpc) is 3.30. The zero-order chi connectivity index (χ0) is 25.9. The van der Waals surface area contributed by atoms with E-state index >= 15 is 0 Å². The van der Waals surface area contributed by atoms with E-state index in [0.29, 0.717) is 32.8 Å². The first-order valence-corrected chi connectivity index (χ1v) is 12.9. The molecular formula is C27H36N4O5. The minimum atomic E-state index is -0.730. The molecule has 9 heteroatoms. The van der Waals surface area contributed by atoms with E-state index in [1.165, 1.54) is 12.6 Å². The zero-order valence-corrected chi connectivity index (χ0v) is 21.7. The lowest BCUT2D eigenvalue weighted by molar-refractivity contribution is -0.141. The molecule has 4 rings (SSSR count). The number of anilines is 1. The number of benzene rings is 1. The van der Waals surface area contributed by atoms with Gasteiger partial charge < -0.3 is 23.8 Å². The molecule has 9 nitrogen and oxygen atoms in total. The largest absolute Gasteiger partial charge is 0.466 e. The van der Waals surface area contributed by atoms with Gasteiger partial charge in [-0.2, -0.15) is 0 Å². The minimum Gasteiger partial charge on any atom is -0.466 e. The predicted octanol–water partition coefficient (Wildman–Crippen LogP) is 3.61. The normalized spacial score (nSPS) is 15.7. The third-order valence-corrected chi connectivity index (χ3v) is 7.10. The summed E-state index contributed by atoms with van der Waals surface area (Å²) in [6.45, 7) is 9.89. The number of rotatable bonds is 10. The van der Waals surface area contributed by atoms with Crippen molar-refractivity contribution in [1.82, 2.24) is 14.5 Å². The number of aryl methyl sites for hydroxylation is 1. The highest BCUT2D eigenvalue weighted by atomic mass is 16.6. The smallest absolute Gasteiger partial charge is 0.409 e. The topological polar surface area (TPSA) is 94.0 Å². The van der Waals surface area contributed by atoms with Crippen molar-refractivity contribution < 1.29 is 23.9 Å². The van der Waals surface area contributed by atoms with Gasteiger partial charge in [0.25, 0.3) is 0 Å². The molecule has 2 amide bonds. The Balaban J connectivity index is 1.57. The number of amides is 2. The van der Waals surface area contributed by atoms with E-state index in [2.05, 4.69) is 18.4 Å². The maximum Gasteiger partial charge on any atom is 0.409 e. The molecule has 2 aliphatic rings. The molecule has 0 aliphatic carbocycles. The highest BCUT2D eigenvalue weighted by Gasteiger charge is 2.59. The molecule has 2 aromatic rings. The van der Waals surface area contributed by atoms with Crippen molar-refractivity contribution in [3.63, 3.8) is 0 Å². The van der Waals surface area contributed by atoms with Gasteiger partial charge in [-0.25, -0.2) is 9.78 Å². The van der Waals surface area contributed by atoms with Crippen molar-refractivity contribution in [3.05, 3.63) is 47.0 Å². The Labute approximate surface area is 212 Å². The van der Waals surface area contributed by atoms with E-state index in [9.17, 15) is 14.4 Å². The molecule has 0 unspecified atom stereocenters. The molecule has 3 heterocycles. The Morgan fingerprint density at radius 3 is 2.47 bits per heavy atom. The lowest BCUT2D eigenvalue weighted by Gasteiger charge is -2.45. The van der Waals surface area contributed by atoms with Gasteiger partial charge in [0.2, 0.25) is 5.91 Å². The third-order valence-electron chi connectivity index (χ3n) is 7.10. The summed E-state index contributed by atoms with van der Waals surface area (Å²) in [6, 6.07) is 7.85. The van der Waals surface area contributed by atoms with E-state index in [-0.39, 0.29) is 18.0 Å². The van der Waals surface area contributed by atoms with Gasteiger partial charge in [-0.05, 0) is 44.2 Å². The molecule has 1 spiro atoms. The summed E-state index contributed by atoms with van der Waals surface area (Å²) >= 11 is 0. The second-order valence-electron chi connectivity index (χ2n) is 9.37. The third kappa shape index (κ3) is 4.58. The van der Waals surface area contributed by atoms with E-state index in [0.717, 1.165) is 55.0 Å². The van der Waals surface area contributed by atoms with E-state index in [1.807, 2.05) is 29.2 Å². The minimum absolute atomic E-state index is 0.00440. The van der Waals surface area contributed by atoms with Crippen molar-refractivity contribution in [2.45, 2.75) is 71.9 Å². The van der Waals surface area contributed by atoms with Gasteiger partial charge in [0, 0.05) is 37.9 Å². The maximum atomic E-state index is 13.9. The number of fused-ring (bicyclic) bond motifs is 2. The summed E-state index contributed by atoms with van der Waals surface area (Å²) in [5.74, 6) is 0.598. The molecule has 36 heavy (non-hydrogen) atoms. The van der Waals surface area contributed by atoms with Gasteiger partial charge in [0.1, 0.15) is 11.2 Å². The highest BCUT2D eigenvalue weighted by Crippen LogP contribution is 2.48. The molecule has 1 fully saturated rings. The van der Waals surface area contributed by atoms with E-state index in [4.69, 9.17) is 14.5 Å². The molecule has 0 saturated carbocycles. The number of unbranched alkanes of at least 4 members (excludes halogenated alkanes) is 1. The van der Waals surface area contributed by atoms with Gasteiger partial charge in [-0.3, -0.25) is 9.59 Å². The van der Waals surface area contributed by atoms with Crippen LogP contribution in [0.15, 0.2) is 24.3 Å². The Bertz CT molecular complexity index is 1140. The second kappa shape index (κ2) is 10.7. The summed E-state index contributed by atoms with van der Waals surface area (Å²) in [5, 5.41) is 0. The van der Waals surface area contributed by atoms with Crippen LogP contribution >= 0.6 is 0 Å². The van der Waals surface area contributed by atoms with Crippen LogP contribution < -0.4 is 4.90 Å². The molecule has 2 aliphatic heterocycles. The SMILES string of the molecule is CCOC(=O)N1CC2(C1)C(=O)N(Cc1nc(CC)c(CC)n1CCCCOC(C)=O)c1ccccc12. The molecule has 0 atom stereocenters. The van der Waals surface area contributed by atoms with Gasteiger partial charge in [0.15, 0.2) is 0 Å². The van der Waals surface area contributed by atoms with Gasteiger partial charge in [0.05, 0.1) is 25.5 Å². The summed E-state index contributed by atoms with van der Waals surface area (Å²) in [6.07, 6.45) is 2.90. The van der Waals surface area contributed by atoms with Gasteiger partial charge in [-0.15, -0.1) is 0 Å². The van der Waals surface area contributed by atoms with Gasteiger partial charge >= 0.3 is 12.1 Å².